The molecule has 1 aromatic carbocycles. The number of methoxy groups -OCH3 is 1. The van der Waals surface area contributed by atoms with Gasteiger partial charge in [0.15, 0.2) is 0 Å². The van der Waals surface area contributed by atoms with Crippen LogP contribution in [0.2, 0.25) is 0 Å². The molecule has 0 fully saturated rings. The molecule has 0 heterocycles. The van der Waals surface area contributed by atoms with Crippen LogP contribution in [0.1, 0.15) is 0 Å². The van der Waals surface area contributed by atoms with Crippen molar-refractivity contribution in [3.8, 4) is 0 Å². The summed E-state index contributed by atoms with van der Waals surface area (Å²) >= 11 is 0. The lowest BCUT2D eigenvalue weighted by molar-refractivity contribution is -0.464. The van der Waals surface area contributed by atoms with Gasteiger partial charge in [0.25, 0.3) is 11.5 Å². The smallest absolute Gasteiger partial charge is 0.306 e. The standard InChI is InChI=1S/C14H13N3O7/c1-24-14(19)11(3-2-4-12(14)17(22)23)13(18)15-9-5-7-10(8-6-9)16(20)21/h2-8,11,19H,1H3,(H,15,18). The fourth-order valence-corrected chi connectivity index (χ4v) is 2.24. The SMILES string of the molecule is COC1(O)C([N+](=O)[O-])=CC=CC1C(=O)Nc1ccc([N+](=O)[O-])cc1. The first-order valence-electron chi connectivity index (χ1n) is 6.66. The highest BCUT2D eigenvalue weighted by Gasteiger charge is 2.52. The molecule has 1 amide bonds. The predicted octanol–water partition coefficient (Wildman–Crippen LogP) is 1.21. The lowest BCUT2D eigenvalue weighted by Gasteiger charge is -2.30. The summed E-state index contributed by atoms with van der Waals surface area (Å²) in [6.07, 6.45) is 3.57. The van der Waals surface area contributed by atoms with Gasteiger partial charge < -0.3 is 15.2 Å². The van der Waals surface area contributed by atoms with Gasteiger partial charge in [-0.05, 0) is 12.1 Å². The minimum absolute atomic E-state index is 0.155. The molecular weight excluding hydrogens is 322 g/mol. The second-order valence-electron chi connectivity index (χ2n) is 4.87. The van der Waals surface area contributed by atoms with Crippen molar-refractivity contribution in [2.75, 3.05) is 12.4 Å². The molecule has 0 aliphatic heterocycles. The minimum atomic E-state index is -2.43. The van der Waals surface area contributed by atoms with Gasteiger partial charge in [-0.3, -0.25) is 25.0 Å². The predicted molar refractivity (Wildman–Crippen MR) is 81.4 cm³/mol. The molecule has 2 atom stereocenters. The topological polar surface area (TPSA) is 145 Å². The van der Waals surface area contributed by atoms with Gasteiger partial charge in [0.05, 0.1) is 9.85 Å². The van der Waals surface area contributed by atoms with E-state index in [-0.39, 0.29) is 11.4 Å². The van der Waals surface area contributed by atoms with Crippen molar-refractivity contribution in [2.45, 2.75) is 5.79 Å². The number of nitrogens with one attached hydrogen (secondary N) is 1. The zero-order chi connectivity index (χ0) is 17.9. The molecule has 1 aromatic rings. The van der Waals surface area contributed by atoms with Gasteiger partial charge in [-0.1, -0.05) is 12.2 Å². The lowest BCUT2D eigenvalue weighted by Crippen LogP contribution is -2.49. The van der Waals surface area contributed by atoms with Crippen LogP contribution in [0.4, 0.5) is 11.4 Å². The normalized spacial score (nSPS) is 22.6. The third-order valence-electron chi connectivity index (χ3n) is 3.48. The molecule has 10 heteroatoms. The zero-order valence-electron chi connectivity index (χ0n) is 12.4. The number of hydrogen-bond acceptors (Lipinski definition) is 7. The summed E-state index contributed by atoms with van der Waals surface area (Å²) in [5, 5.41) is 34.4. The van der Waals surface area contributed by atoms with Crippen LogP contribution in [0, 0.1) is 26.1 Å². The monoisotopic (exact) mass is 335 g/mol. The molecule has 1 aliphatic carbocycles. The summed E-state index contributed by atoms with van der Waals surface area (Å²) in [6, 6.07) is 4.99. The van der Waals surface area contributed by atoms with Crippen LogP contribution in [0.15, 0.2) is 48.2 Å². The summed E-state index contributed by atoms with van der Waals surface area (Å²) in [5.74, 6) is -4.57. The summed E-state index contributed by atoms with van der Waals surface area (Å²) in [7, 11) is 1.04. The summed E-state index contributed by atoms with van der Waals surface area (Å²) in [4.78, 5) is 32.5. The number of ether oxygens (including phenoxy) is 1. The molecule has 2 unspecified atom stereocenters. The van der Waals surface area contributed by atoms with E-state index in [1.54, 1.807) is 0 Å². The number of aliphatic hydroxyl groups is 1. The first-order chi connectivity index (χ1) is 11.3. The first kappa shape index (κ1) is 17.2. The molecule has 1 aliphatic rings. The van der Waals surface area contributed by atoms with Gasteiger partial charge in [0.2, 0.25) is 5.91 Å². The van der Waals surface area contributed by atoms with E-state index in [0.717, 1.165) is 13.2 Å². The molecule has 0 spiro atoms. The van der Waals surface area contributed by atoms with Gasteiger partial charge >= 0.3 is 5.70 Å². The third kappa shape index (κ3) is 3.14. The van der Waals surface area contributed by atoms with E-state index in [4.69, 9.17) is 4.74 Å². The molecule has 2 rings (SSSR count). The maximum atomic E-state index is 12.3. The molecule has 126 valence electrons. The van der Waals surface area contributed by atoms with Crippen LogP contribution in [0.25, 0.3) is 0 Å². The minimum Gasteiger partial charge on any atom is -0.356 e. The summed E-state index contributed by atoms with van der Waals surface area (Å²) in [6.45, 7) is 0. The van der Waals surface area contributed by atoms with Crippen molar-refractivity contribution in [3.05, 3.63) is 68.4 Å². The highest BCUT2D eigenvalue weighted by molar-refractivity contribution is 5.95. The van der Waals surface area contributed by atoms with Gasteiger partial charge in [0, 0.05) is 31.0 Å². The van der Waals surface area contributed by atoms with Crippen molar-refractivity contribution in [2.24, 2.45) is 5.92 Å². The largest absolute Gasteiger partial charge is 0.356 e. The quantitative estimate of drug-likeness (QED) is 0.467. The molecule has 24 heavy (non-hydrogen) atoms. The molecule has 0 radical (unpaired) electrons. The number of hydrogen-bond donors (Lipinski definition) is 2. The van der Waals surface area contributed by atoms with E-state index in [1.165, 1.54) is 36.4 Å². The van der Waals surface area contributed by atoms with Crippen LogP contribution < -0.4 is 5.32 Å². The van der Waals surface area contributed by atoms with Gasteiger partial charge in [-0.25, -0.2) is 0 Å². The Labute approximate surface area is 135 Å². The number of nitrogens with zero attached hydrogens (tertiary/aromatic N) is 2. The van der Waals surface area contributed by atoms with Crippen molar-refractivity contribution in [1.29, 1.82) is 0 Å². The maximum absolute atomic E-state index is 12.3. The van der Waals surface area contributed by atoms with Crippen molar-refractivity contribution < 1.29 is 24.5 Å². The molecule has 0 aromatic heterocycles. The second kappa shape index (κ2) is 6.56. The number of non-ortho nitro benzene ring substituents is 1. The average Bonchev–Trinajstić information content (AvgIpc) is 2.55. The Morgan fingerprint density at radius 3 is 2.38 bits per heavy atom. The summed E-state index contributed by atoms with van der Waals surface area (Å²) < 4.78 is 4.82. The van der Waals surface area contributed by atoms with Crippen LogP contribution >= 0.6 is 0 Å². The van der Waals surface area contributed by atoms with E-state index >= 15 is 0 Å². The number of carbonyl (C=O) groups is 1. The fourth-order valence-electron chi connectivity index (χ4n) is 2.24. The van der Waals surface area contributed by atoms with Crippen molar-refractivity contribution >= 4 is 17.3 Å². The number of carbonyl (C=O) groups excluding carboxylic acids is 1. The molecular formula is C14H13N3O7. The Hall–Kier alpha value is -3.11. The Balaban J connectivity index is 2.22. The Morgan fingerprint density at radius 2 is 1.88 bits per heavy atom. The summed E-state index contributed by atoms with van der Waals surface area (Å²) in [5.41, 5.74) is -0.594. The van der Waals surface area contributed by atoms with Gasteiger partial charge in [-0.2, -0.15) is 0 Å². The van der Waals surface area contributed by atoms with Gasteiger partial charge in [0.1, 0.15) is 5.92 Å². The molecule has 10 nitrogen and oxygen atoms in total. The zero-order valence-corrected chi connectivity index (χ0v) is 12.4. The number of nitro benzene ring substituents is 1. The molecule has 0 saturated carbocycles. The number of amides is 1. The van der Waals surface area contributed by atoms with E-state index < -0.39 is 33.2 Å². The van der Waals surface area contributed by atoms with E-state index in [1.807, 2.05) is 0 Å². The third-order valence-corrected chi connectivity index (χ3v) is 3.48. The lowest BCUT2D eigenvalue weighted by atomic mass is 9.90. The number of allylic oxidation sites excluding steroid dienone is 2. The van der Waals surface area contributed by atoms with Gasteiger partial charge in [-0.15, -0.1) is 0 Å². The maximum Gasteiger partial charge on any atom is 0.306 e. The van der Waals surface area contributed by atoms with Crippen LogP contribution in [-0.4, -0.2) is 33.8 Å². The number of nitro groups is 2. The second-order valence-corrected chi connectivity index (χ2v) is 4.87. The Kier molecular flexibility index (Phi) is 4.71. The molecule has 2 N–H and O–H groups in total. The first-order valence-corrected chi connectivity index (χ1v) is 6.66. The van der Waals surface area contributed by atoms with Crippen molar-refractivity contribution in [3.63, 3.8) is 0 Å². The average molecular weight is 335 g/mol. The molecule has 0 saturated heterocycles. The fraction of sp³-hybridized carbons (Fsp3) is 0.214. The van der Waals surface area contributed by atoms with E-state index in [9.17, 15) is 30.1 Å². The van der Waals surface area contributed by atoms with Crippen LogP contribution in [0.5, 0.6) is 0 Å². The highest BCUT2D eigenvalue weighted by atomic mass is 16.7. The Morgan fingerprint density at radius 1 is 1.25 bits per heavy atom. The van der Waals surface area contributed by atoms with E-state index in [0.29, 0.717) is 0 Å². The van der Waals surface area contributed by atoms with Crippen LogP contribution in [-0.2, 0) is 9.53 Å². The van der Waals surface area contributed by atoms with E-state index in [2.05, 4.69) is 5.32 Å². The number of anilines is 1. The van der Waals surface area contributed by atoms with Crippen molar-refractivity contribution in [1.82, 2.24) is 0 Å². The van der Waals surface area contributed by atoms with Crippen LogP contribution in [0.3, 0.4) is 0 Å². The Bertz CT molecular complexity index is 741. The highest BCUT2D eigenvalue weighted by Crippen LogP contribution is 2.33. The number of rotatable bonds is 5. The number of benzene rings is 1. The molecule has 0 bridgehead atoms.